The molecule has 0 atom stereocenters. The van der Waals surface area contributed by atoms with E-state index in [0.717, 1.165) is 30.2 Å². The molecule has 0 unspecified atom stereocenters. The molecule has 1 saturated carbocycles. The number of methoxy groups -OCH3 is 1. The molecule has 9 nitrogen and oxygen atoms in total. The van der Waals surface area contributed by atoms with E-state index < -0.39 is 21.8 Å². The Balaban J connectivity index is 1.28. The highest BCUT2D eigenvalue weighted by atomic mass is 32.2. The lowest BCUT2D eigenvalue weighted by molar-refractivity contribution is 0.0434. The number of benzene rings is 3. The average Bonchev–Trinajstić information content (AvgIpc) is 3.78. The molecule has 4 aromatic rings. The van der Waals surface area contributed by atoms with E-state index in [0.29, 0.717) is 45.4 Å². The van der Waals surface area contributed by atoms with Crippen LogP contribution in [0.15, 0.2) is 65.1 Å². The summed E-state index contributed by atoms with van der Waals surface area (Å²) in [5, 5.41) is 0.582. The van der Waals surface area contributed by atoms with Crippen molar-refractivity contribution in [1.82, 2.24) is 0 Å². The second-order valence-corrected chi connectivity index (χ2v) is 12.2. The van der Waals surface area contributed by atoms with Crippen molar-refractivity contribution in [3.63, 3.8) is 0 Å². The number of carbonyl (C=O) groups excluding carboxylic acids is 2. The molecular weight excluding hydrogens is 577 g/mol. The van der Waals surface area contributed by atoms with Gasteiger partial charge in [0.15, 0.2) is 6.29 Å². The molecule has 0 bridgehead atoms. The first-order chi connectivity index (χ1) is 20.7. The number of furan rings is 1. The number of aldehydes is 1. The summed E-state index contributed by atoms with van der Waals surface area (Å²) < 4.78 is 62.9. The highest BCUT2D eigenvalue weighted by Gasteiger charge is 2.32. The third-order valence-electron chi connectivity index (χ3n) is 7.21. The molecule has 11 heteroatoms. The molecule has 0 amide bonds. The van der Waals surface area contributed by atoms with Crippen molar-refractivity contribution in [3.8, 4) is 11.3 Å². The summed E-state index contributed by atoms with van der Waals surface area (Å²) in [6.45, 7) is 0.977. The zero-order valence-corrected chi connectivity index (χ0v) is 24.7. The molecule has 1 fully saturated rings. The maximum absolute atomic E-state index is 13.5. The quantitative estimate of drug-likeness (QED) is 0.101. The minimum Gasteiger partial charge on any atom is -0.465 e. The standard InChI is InChI=1S/C32H32FNO8S/c1-39-32(36)24-5-3-4-21(16-24)20-41-15-14-40-13-12-34(43(2,37)38)29-18-30-27(17-26(29)22-6-7-22)28(19-35)31(42-30)23-8-10-25(33)11-9-23/h3-5,8-11,16-19,22H,6-7,12-15,20H2,1-2H3. The summed E-state index contributed by atoms with van der Waals surface area (Å²) in [4.78, 5) is 23.8. The van der Waals surface area contributed by atoms with Crippen molar-refractivity contribution in [2.75, 3.05) is 44.0 Å². The van der Waals surface area contributed by atoms with Gasteiger partial charge in [-0.15, -0.1) is 0 Å². The number of esters is 1. The van der Waals surface area contributed by atoms with Crippen molar-refractivity contribution >= 4 is 38.9 Å². The Labute approximate surface area is 249 Å². The number of anilines is 1. The molecule has 0 radical (unpaired) electrons. The van der Waals surface area contributed by atoms with Crippen molar-refractivity contribution in [2.45, 2.75) is 25.4 Å². The van der Waals surface area contributed by atoms with Crippen LogP contribution in [0.1, 0.15) is 50.6 Å². The van der Waals surface area contributed by atoms with Crippen LogP contribution in [-0.2, 0) is 30.8 Å². The summed E-state index contributed by atoms with van der Waals surface area (Å²) in [6.07, 6.45) is 3.67. The van der Waals surface area contributed by atoms with E-state index in [1.807, 2.05) is 12.1 Å². The van der Waals surface area contributed by atoms with E-state index in [-0.39, 0.29) is 38.9 Å². The van der Waals surface area contributed by atoms with Gasteiger partial charge in [0.25, 0.3) is 0 Å². The van der Waals surface area contributed by atoms with E-state index in [4.69, 9.17) is 18.6 Å². The second-order valence-electron chi connectivity index (χ2n) is 10.3. The normalized spacial score (nSPS) is 13.3. The number of fused-ring (bicyclic) bond motifs is 1. The van der Waals surface area contributed by atoms with Crippen LogP contribution in [0.2, 0.25) is 0 Å². The van der Waals surface area contributed by atoms with Crippen LogP contribution in [0, 0.1) is 5.82 Å². The smallest absolute Gasteiger partial charge is 0.337 e. The second kappa shape index (κ2) is 13.1. The van der Waals surface area contributed by atoms with Gasteiger partial charge in [-0.3, -0.25) is 9.10 Å². The topological polar surface area (TPSA) is 112 Å². The third-order valence-corrected chi connectivity index (χ3v) is 8.39. The predicted octanol–water partition coefficient (Wildman–Crippen LogP) is 5.71. The number of hydrogen-bond donors (Lipinski definition) is 0. The van der Waals surface area contributed by atoms with Crippen LogP contribution in [0.3, 0.4) is 0 Å². The van der Waals surface area contributed by atoms with Crippen LogP contribution >= 0.6 is 0 Å². The Hall–Kier alpha value is -4.06. The summed E-state index contributed by atoms with van der Waals surface area (Å²) in [7, 11) is -2.37. The van der Waals surface area contributed by atoms with Gasteiger partial charge in [0.1, 0.15) is 17.2 Å². The average molecular weight is 610 g/mol. The van der Waals surface area contributed by atoms with Crippen molar-refractivity contribution in [1.29, 1.82) is 0 Å². The molecule has 1 aromatic heterocycles. The minimum atomic E-state index is -3.70. The number of carbonyl (C=O) groups is 2. The Morgan fingerprint density at radius 2 is 1.79 bits per heavy atom. The highest BCUT2D eigenvalue weighted by Crippen LogP contribution is 2.47. The van der Waals surface area contributed by atoms with Crippen molar-refractivity contribution < 1.29 is 41.0 Å². The Kier molecular flexibility index (Phi) is 9.24. The van der Waals surface area contributed by atoms with Gasteiger partial charge in [0, 0.05) is 17.0 Å². The van der Waals surface area contributed by atoms with Crippen LogP contribution in [-0.4, -0.2) is 60.4 Å². The fraction of sp³-hybridized carbons (Fsp3) is 0.312. The van der Waals surface area contributed by atoms with E-state index in [2.05, 4.69) is 0 Å². The summed E-state index contributed by atoms with van der Waals surface area (Å²) in [5.74, 6) is -0.363. The number of ether oxygens (including phenoxy) is 3. The van der Waals surface area contributed by atoms with Crippen molar-refractivity contribution in [2.24, 2.45) is 0 Å². The molecule has 1 heterocycles. The monoisotopic (exact) mass is 609 g/mol. The minimum absolute atomic E-state index is 0.0668. The SMILES string of the molecule is COC(=O)c1cccc(COCCOCCN(c2cc3oc(-c4ccc(F)cc4)c(C=O)c3cc2C2CC2)S(C)(=O)=O)c1. The first kappa shape index (κ1) is 30.4. The first-order valence-electron chi connectivity index (χ1n) is 13.8. The highest BCUT2D eigenvalue weighted by molar-refractivity contribution is 7.92. The number of nitrogens with zero attached hydrogens (tertiary/aromatic N) is 1. The number of halogens is 1. The van der Waals surface area contributed by atoms with Gasteiger partial charge in [0.05, 0.1) is 63.2 Å². The van der Waals surface area contributed by atoms with Crippen LogP contribution < -0.4 is 4.31 Å². The number of sulfonamides is 1. The maximum atomic E-state index is 13.5. The van der Waals surface area contributed by atoms with Crippen LogP contribution in [0.5, 0.6) is 0 Å². The van der Waals surface area contributed by atoms with Crippen molar-refractivity contribution in [3.05, 3.63) is 88.7 Å². The molecule has 3 aromatic carbocycles. The Bertz CT molecular complexity index is 1730. The molecule has 0 N–H and O–H groups in total. The van der Waals surface area contributed by atoms with E-state index in [1.165, 1.54) is 35.7 Å². The Morgan fingerprint density at radius 1 is 1.05 bits per heavy atom. The van der Waals surface area contributed by atoms with E-state index >= 15 is 0 Å². The fourth-order valence-electron chi connectivity index (χ4n) is 4.97. The van der Waals surface area contributed by atoms with Gasteiger partial charge in [-0.25, -0.2) is 17.6 Å². The molecule has 0 aliphatic heterocycles. The predicted molar refractivity (Wildman–Crippen MR) is 159 cm³/mol. The van der Waals surface area contributed by atoms with Gasteiger partial charge in [-0.1, -0.05) is 12.1 Å². The lowest BCUT2D eigenvalue weighted by atomic mass is 10.0. The molecule has 0 saturated heterocycles. The zero-order valence-electron chi connectivity index (χ0n) is 23.9. The zero-order chi connectivity index (χ0) is 30.6. The molecule has 5 rings (SSSR count). The molecule has 226 valence electrons. The summed E-state index contributed by atoms with van der Waals surface area (Å²) in [6, 6.07) is 16.1. The third kappa shape index (κ3) is 7.12. The van der Waals surface area contributed by atoms with Gasteiger partial charge in [0.2, 0.25) is 10.0 Å². The van der Waals surface area contributed by atoms with Gasteiger partial charge in [-0.05, 0) is 72.4 Å². The largest absolute Gasteiger partial charge is 0.465 e. The van der Waals surface area contributed by atoms with Gasteiger partial charge < -0.3 is 18.6 Å². The molecule has 1 aliphatic carbocycles. The lowest BCUT2D eigenvalue weighted by Gasteiger charge is -2.25. The van der Waals surface area contributed by atoms with Crippen LogP contribution in [0.4, 0.5) is 10.1 Å². The molecular formula is C32H32FNO8S. The van der Waals surface area contributed by atoms with E-state index in [9.17, 15) is 22.4 Å². The summed E-state index contributed by atoms with van der Waals surface area (Å²) >= 11 is 0. The van der Waals surface area contributed by atoms with Gasteiger partial charge in [-0.2, -0.15) is 0 Å². The molecule has 0 spiro atoms. The van der Waals surface area contributed by atoms with Gasteiger partial charge >= 0.3 is 5.97 Å². The molecule has 1 aliphatic rings. The number of hydrogen-bond acceptors (Lipinski definition) is 8. The fourth-order valence-corrected chi connectivity index (χ4v) is 5.89. The first-order valence-corrected chi connectivity index (χ1v) is 15.7. The summed E-state index contributed by atoms with van der Waals surface area (Å²) in [5.41, 5.74) is 3.80. The Morgan fingerprint density at radius 3 is 2.47 bits per heavy atom. The maximum Gasteiger partial charge on any atom is 0.337 e. The van der Waals surface area contributed by atoms with E-state index in [1.54, 1.807) is 24.3 Å². The number of rotatable bonds is 14. The molecule has 43 heavy (non-hydrogen) atoms. The van der Waals surface area contributed by atoms with Crippen LogP contribution in [0.25, 0.3) is 22.3 Å². The lowest BCUT2D eigenvalue weighted by Crippen LogP contribution is -2.34.